The van der Waals surface area contributed by atoms with Crippen molar-refractivity contribution in [2.75, 3.05) is 19.8 Å². The molecule has 1 atom stereocenters. The van der Waals surface area contributed by atoms with Gasteiger partial charge in [0, 0.05) is 25.8 Å². The van der Waals surface area contributed by atoms with Crippen LogP contribution in [-0.4, -0.2) is 31.8 Å². The molecule has 1 heterocycles. The van der Waals surface area contributed by atoms with Crippen molar-refractivity contribution in [3.05, 3.63) is 0 Å². The van der Waals surface area contributed by atoms with Crippen molar-refractivity contribution in [1.29, 1.82) is 0 Å². The minimum absolute atomic E-state index is 0.562. The highest BCUT2D eigenvalue weighted by Crippen LogP contribution is 2.59. The Morgan fingerprint density at radius 3 is 2.68 bits per heavy atom. The van der Waals surface area contributed by atoms with E-state index in [0.717, 1.165) is 25.7 Å². The molecule has 3 rings (SSSR count). The third kappa shape index (κ3) is 3.22. The average molecular weight is 265 g/mol. The quantitative estimate of drug-likeness (QED) is 0.606. The molecule has 1 aliphatic heterocycles. The van der Waals surface area contributed by atoms with Crippen LogP contribution in [0, 0.1) is 11.3 Å². The number of guanidine groups is 1. The number of hydrogen-bond acceptors (Lipinski definition) is 2. The van der Waals surface area contributed by atoms with Gasteiger partial charge >= 0.3 is 0 Å². The second-order valence-electron chi connectivity index (χ2n) is 6.58. The van der Waals surface area contributed by atoms with Crippen LogP contribution in [0.4, 0.5) is 0 Å². The van der Waals surface area contributed by atoms with Gasteiger partial charge in [0.05, 0.1) is 0 Å². The number of rotatable bonds is 3. The fourth-order valence-electron chi connectivity index (χ4n) is 3.79. The van der Waals surface area contributed by atoms with Crippen molar-refractivity contribution in [1.82, 2.24) is 5.32 Å². The van der Waals surface area contributed by atoms with Gasteiger partial charge in [-0.1, -0.05) is 19.3 Å². The Kier molecular flexibility index (Phi) is 3.96. The molecule has 3 aliphatic rings. The van der Waals surface area contributed by atoms with Crippen molar-refractivity contribution >= 4 is 5.96 Å². The van der Waals surface area contributed by atoms with E-state index < -0.39 is 0 Å². The fourth-order valence-corrected chi connectivity index (χ4v) is 3.79. The fraction of sp³-hybridized carbons (Fsp3) is 0.933. The molecule has 108 valence electrons. The number of aliphatic imine (C=N–C) groups is 1. The molecule has 0 aromatic rings. The second-order valence-corrected chi connectivity index (χ2v) is 6.58. The van der Waals surface area contributed by atoms with Crippen LogP contribution in [0.25, 0.3) is 0 Å². The summed E-state index contributed by atoms with van der Waals surface area (Å²) in [6.07, 6.45) is 10.3. The van der Waals surface area contributed by atoms with Crippen molar-refractivity contribution < 1.29 is 4.74 Å². The van der Waals surface area contributed by atoms with Crippen LogP contribution in [0.2, 0.25) is 0 Å². The molecular formula is C15H27N3O. The Balaban J connectivity index is 1.42. The Morgan fingerprint density at radius 2 is 1.95 bits per heavy atom. The molecule has 0 amide bonds. The highest BCUT2D eigenvalue weighted by Gasteiger charge is 2.53. The molecule has 0 radical (unpaired) electrons. The van der Waals surface area contributed by atoms with Crippen molar-refractivity contribution in [3.63, 3.8) is 0 Å². The van der Waals surface area contributed by atoms with Gasteiger partial charge in [-0.15, -0.1) is 0 Å². The topological polar surface area (TPSA) is 59.6 Å². The molecule has 19 heavy (non-hydrogen) atoms. The highest BCUT2D eigenvalue weighted by atomic mass is 16.5. The minimum atomic E-state index is 0.562. The standard InChI is InChI=1S/C15H27N3O/c16-14(18-13-4-2-1-3-5-13)17-11-12-10-15(12)6-8-19-9-7-15/h12-13H,1-11H2,(H3,16,17,18). The molecule has 3 fully saturated rings. The summed E-state index contributed by atoms with van der Waals surface area (Å²) in [5.74, 6) is 1.42. The van der Waals surface area contributed by atoms with Crippen LogP contribution in [-0.2, 0) is 4.74 Å². The van der Waals surface area contributed by atoms with E-state index in [1.54, 1.807) is 0 Å². The van der Waals surface area contributed by atoms with Gasteiger partial charge in [0.1, 0.15) is 0 Å². The monoisotopic (exact) mass is 265 g/mol. The van der Waals surface area contributed by atoms with Gasteiger partial charge in [0.25, 0.3) is 0 Å². The smallest absolute Gasteiger partial charge is 0.188 e. The summed E-state index contributed by atoms with van der Waals surface area (Å²) >= 11 is 0. The average Bonchev–Trinajstić information content (AvgIpc) is 3.11. The highest BCUT2D eigenvalue weighted by molar-refractivity contribution is 5.78. The third-order valence-corrected chi connectivity index (χ3v) is 5.29. The van der Waals surface area contributed by atoms with Crippen LogP contribution < -0.4 is 11.1 Å². The molecule has 0 aromatic carbocycles. The summed E-state index contributed by atoms with van der Waals surface area (Å²) in [6, 6.07) is 0.564. The van der Waals surface area contributed by atoms with E-state index in [9.17, 15) is 0 Å². The summed E-state index contributed by atoms with van der Waals surface area (Å²) in [7, 11) is 0. The maximum Gasteiger partial charge on any atom is 0.188 e. The molecule has 1 saturated heterocycles. The second kappa shape index (κ2) is 5.70. The summed E-state index contributed by atoms with van der Waals surface area (Å²) in [4.78, 5) is 4.57. The number of ether oxygens (including phenoxy) is 1. The van der Waals surface area contributed by atoms with Gasteiger partial charge in [-0.05, 0) is 43.4 Å². The lowest BCUT2D eigenvalue weighted by molar-refractivity contribution is 0.0525. The van der Waals surface area contributed by atoms with Crippen LogP contribution in [0.5, 0.6) is 0 Å². The van der Waals surface area contributed by atoms with Crippen LogP contribution in [0.15, 0.2) is 4.99 Å². The van der Waals surface area contributed by atoms with Gasteiger partial charge in [0.15, 0.2) is 5.96 Å². The van der Waals surface area contributed by atoms with Crippen LogP contribution >= 0.6 is 0 Å². The Hall–Kier alpha value is -0.770. The predicted octanol–water partition coefficient (Wildman–Crippen LogP) is 2.04. The van der Waals surface area contributed by atoms with Gasteiger partial charge < -0.3 is 15.8 Å². The Morgan fingerprint density at radius 1 is 1.21 bits per heavy atom. The van der Waals surface area contributed by atoms with E-state index in [1.807, 2.05) is 0 Å². The first kappa shape index (κ1) is 13.2. The first-order valence-electron chi connectivity index (χ1n) is 7.93. The maximum atomic E-state index is 6.01. The largest absolute Gasteiger partial charge is 0.381 e. The van der Waals surface area contributed by atoms with E-state index in [-0.39, 0.29) is 0 Å². The number of nitrogens with one attached hydrogen (secondary N) is 1. The lowest BCUT2D eigenvalue weighted by atomic mass is 9.94. The molecule has 4 nitrogen and oxygen atoms in total. The Bertz CT molecular complexity index is 330. The summed E-state index contributed by atoms with van der Waals surface area (Å²) in [6.45, 7) is 2.79. The molecule has 1 spiro atoms. The van der Waals surface area contributed by atoms with E-state index >= 15 is 0 Å². The predicted molar refractivity (Wildman–Crippen MR) is 77.1 cm³/mol. The summed E-state index contributed by atoms with van der Waals surface area (Å²) in [5.41, 5.74) is 6.58. The number of nitrogens with zero attached hydrogens (tertiary/aromatic N) is 1. The van der Waals surface area contributed by atoms with Crippen molar-refractivity contribution in [3.8, 4) is 0 Å². The molecule has 1 unspecified atom stereocenters. The van der Waals surface area contributed by atoms with E-state index in [4.69, 9.17) is 10.5 Å². The third-order valence-electron chi connectivity index (χ3n) is 5.29. The molecule has 3 N–H and O–H groups in total. The van der Waals surface area contributed by atoms with Gasteiger partial charge in [-0.2, -0.15) is 0 Å². The van der Waals surface area contributed by atoms with Gasteiger partial charge in [-0.3, -0.25) is 4.99 Å². The molecule has 4 heteroatoms. The number of nitrogens with two attached hydrogens (primary N) is 1. The van der Waals surface area contributed by atoms with Crippen LogP contribution in [0.1, 0.15) is 51.4 Å². The van der Waals surface area contributed by atoms with E-state index in [2.05, 4.69) is 10.3 Å². The SMILES string of the molecule is NC(=NCC1CC12CCOCC2)NC1CCCCC1. The van der Waals surface area contributed by atoms with Crippen molar-refractivity contribution in [2.24, 2.45) is 22.1 Å². The van der Waals surface area contributed by atoms with Crippen molar-refractivity contribution in [2.45, 2.75) is 57.4 Å². The van der Waals surface area contributed by atoms with E-state index in [1.165, 1.54) is 51.4 Å². The zero-order chi connectivity index (χ0) is 13.1. The lowest BCUT2D eigenvalue weighted by Crippen LogP contribution is -2.41. The number of hydrogen-bond donors (Lipinski definition) is 2. The lowest BCUT2D eigenvalue weighted by Gasteiger charge is -2.23. The molecule has 2 saturated carbocycles. The first-order chi connectivity index (χ1) is 9.28. The molecule has 0 aromatic heterocycles. The first-order valence-corrected chi connectivity index (χ1v) is 7.93. The normalized spacial score (nSPS) is 31.4. The molecule has 0 bridgehead atoms. The minimum Gasteiger partial charge on any atom is -0.381 e. The zero-order valence-electron chi connectivity index (χ0n) is 11.9. The molecule has 2 aliphatic carbocycles. The van der Waals surface area contributed by atoms with Gasteiger partial charge in [0.2, 0.25) is 0 Å². The van der Waals surface area contributed by atoms with Crippen LogP contribution in [0.3, 0.4) is 0 Å². The van der Waals surface area contributed by atoms with Gasteiger partial charge in [-0.25, -0.2) is 0 Å². The zero-order valence-corrected chi connectivity index (χ0v) is 11.9. The Labute approximate surface area is 116 Å². The summed E-state index contributed by atoms with van der Waals surface area (Å²) < 4.78 is 5.45. The van der Waals surface area contributed by atoms with E-state index in [0.29, 0.717) is 17.4 Å². The summed E-state index contributed by atoms with van der Waals surface area (Å²) in [5, 5.41) is 3.40. The molecular weight excluding hydrogens is 238 g/mol. The maximum absolute atomic E-state index is 6.01.